The van der Waals surface area contributed by atoms with Gasteiger partial charge in [-0.15, -0.1) is 0 Å². The molecule has 3 N–H and O–H groups in total. The average Bonchev–Trinajstić information content (AvgIpc) is 2.78. The topological polar surface area (TPSA) is 89.2 Å². The van der Waals surface area contributed by atoms with Crippen LogP contribution in [-0.2, 0) is 6.54 Å². The highest BCUT2D eigenvalue weighted by Crippen LogP contribution is 2.28. The number of piperidine rings is 1. The second-order valence-corrected chi connectivity index (χ2v) is 6.94. The molecule has 2 aromatic carbocycles. The molecule has 0 bridgehead atoms. The van der Waals surface area contributed by atoms with Crippen LogP contribution in [0, 0.1) is 0 Å². The molecule has 0 aromatic heterocycles. The normalized spacial score (nSPS) is 14.4. The van der Waals surface area contributed by atoms with Gasteiger partial charge in [0.25, 0.3) is 5.91 Å². The van der Waals surface area contributed by atoms with Gasteiger partial charge in [0.1, 0.15) is 11.5 Å². The lowest BCUT2D eigenvalue weighted by Crippen LogP contribution is -2.35. The number of nitrogens with one attached hydrogen (secondary N) is 1. The Morgan fingerprint density at radius 3 is 2.45 bits per heavy atom. The summed E-state index contributed by atoms with van der Waals surface area (Å²) in [7, 11) is 3.19. The van der Waals surface area contributed by atoms with Gasteiger partial charge in [-0.05, 0) is 49.1 Å². The van der Waals surface area contributed by atoms with E-state index >= 15 is 0 Å². The van der Waals surface area contributed by atoms with E-state index in [4.69, 9.17) is 15.2 Å². The minimum Gasteiger partial charge on any atom is -0.497 e. The number of guanidine groups is 1. The molecule has 1 fully saturated rings. The summed E-state index contributed by atoms with van der Waals surface area (Å²) >= 11 is 0. The van der Waals surface area contributed by atoms with Crippen LogP contribution in [0.4, 0.5) is 5.69 Å². The fourth-order valence-corrected chi connectivity index (χ4v) is 3.30. The van der Waals surface area contributed by atoms with Gasteiger partial charge in [0.2, 0.25) is 0 Å². The molecule has 1 heterocycles. The Hall–Kier alpha value is -3.22. The van der Waals surface area contributed by atoms with Crippen molar-refractivity contribution in [1.82, 2.24) is 4.90 Å². The first kappa shape index (κ1) is 20.5. The van der Waals surface area contributed by atoms with Crippen molar-refractivity contribution in [1.29, 1.82) is 0 Å². The highest BCUT2D eigenvalue weighted by atomic mass is 16.5. The first-order valence-electron chi connectivity index (χ1n) is 9.78. The third kappa shape index (κ3) is 5.40. The molecular formula is C22H28N4O3. The lowest BCUT2D eigenvalue weighted by molar-refractivity contribution is 0.0724. The van der Waals surface area contributed by atoms with Crippen molar-refractivity contribution in [2.75, 3.05) is 32.6 Å². The van der Waals surface area contributed by atoms with Crippen LogP contribution in [0.1, 0.15) is 35.2 Å². The summed E-state index contributed by atoms with van der Waals surface area (Å²) in [6.07, 6.45) is 3.38. The Morgan fingerprint density at radius 2 is 1.79 bits per heavy atom. The molecule has 0 radical (unpaired) electrons. The molecule has 0 saturated carbocycles. The highest BCUT2D eigenvalue weighted by Gasteiger charge is 2.17. The van der Waals surface area contributed by atoms with Crippen molar-refractivity contribution in [2.24, 2.45) is 10.7 Å². The molecule has 154 valence electrons. The highest BCUT2D eigenvalue weighted by molar-refractivity contribution is 5.95. The number of nitrogens with zero attached hydrogens (tertiary/aromatic N) is 2. The van der Waals surface area contributed by atoms with Crippen LogP contribution in [0.25, 0.3) is 0 Å². The largest absolute Gasteiger partial charge is 0.497 e. The van der Waals surface area contributed by atoms with Gasteiger partial charge in [0.15, 0.2) is 5.96 Å². The monoisotopic (exact) mass is 396 g/mol. The van der Waals surface area contributed by atoms with Gasteiger partial charge in [-0.3, -0.25) is 4.79 Å². The minimum absolute atomic E-state index is 0.103. The number of methoxy groups -OCH3 is 2. The molecule has 7 heteroatoms. The van der Waals surface area contributed by atoms with Gasteiger partial charge >= 0.3 is 0 Å². The molecule has 0 aliphatic carbocycles. The second kappa shape index (κ2) is 9.82. The first-order chi connectivity index (χ1) is 14.1. The molecule has 0 unspecified atom stereocenters. The van der Waals surface area contributed by atoms with Gasteiger partial charge < -0.3 is 25.4 Å². The number of aliphatic imine (C=N–C) groups is 1. The van der Waals surface area contributed by atoms with Crippen LogP contribution >= 0.6 is 0 Å². The molecule has 1 saturated heterocycles. The number of carbonyl (C=O) groups excluding carboxylic acids is 1. The Balaban J connectivity index is 1.61. The number of anilines is 1. The van der Waals surface area contributed by atoms with E-state index in [-0.39, 0.29) is 11.9 Å². The number of rotatable bonds is 6. The van der Waals surface area contributed by atoms with Crippen LogP contribution in [-0.4, -0.2) is 44.1 Å². The zero-order chi connectivity index (χ0) is 20.6. The van der Waals surface area contributed by atoms with Crippen molar-refractivity contribution in [3.8, 4) is 11.5 Å². The number of ether oxygens (including phenoxy) is 2. The van der Waals surface area contributed by atoms with E-state index in [0.717, 1.165) is 31.5 Å². The number of nitrogens with two attached hydrogens (primary N) is 1. The lowest BCUT2D eigenvalue weighted by Gasteiger charge is -2.26. The molecule has 2 aromatic rings. The smallest absolute Gasteiger partial charge is 0.253 e. The maximum absolute atomic E-state index is 12.5. The Morgan fingerprint density at radius 1 is 1.07 bits per heavy atom. The van der Waals surface area contributed by atoms with Gasteiger partial charge in [-0.2, -0.15) is 0 Å². The SMILES string of the molecule is COc1ccc(OC)c(NC(N)=NCc2ccc(C(=O)N3CCCCC3)cc2)c1. The van der Waals surface area contributed by atoms with Crippen LogP contribution < -0.4 is 20.5 Å². The van der Waals surface area contributed by atoms with Crippen LogP contribution in [0.5, 0.6) is 11.5 Å². The molecule has 1 aliphatic heterocycles. The molecule has 7 nitrogen and oxygen atoms in total. The van der Waals surface area contributed by atoms with E-state index in [2.05, 4.69) is 10.3 Å². The molecular weight excluding hydrogens is 368 g/mol. The van der Waals surface area contributed by atoms with E-state index in [0.29, 0.717) is 29.3 Å². The Kier molecular flexibility index (Phi) is 6.94. The summed E-state index contributed by atoms with van der Waals surface area (Å²) < 4.78 is 10.6. The van der Waals surface area contributed by atoms with Crippen molar-refractivity contribution in [2.45, 2.75) is 25.8 Å². The number of benzene rings is 2. The van der Waals surface area contributed by atoms with Crippen LogP contribution in [0.2, 0.25) is 0 Å². The summed E-state index contributed by atoms with van der Waals surface area (Å²) in [5.74, 6) is 1.70. The van der Waals surface area contributed by atoms with Gasteiger partial charge in [-0.1, -0.05) is 12.1 Å². The molecule has 3 rings (SSSR count). The minimum atomic E-state index is 0.103. The third-order valence-corrected chi connectivity index (χ3v) is 4.95. The van der Waals surface area contributed by atoms with Crippen LogP contribution in [0.3, 0.4) is 0 Å². The molecule has 0 spiro atoms. The number of amides is 1. The van der Waals surface area contributed by atoms with Gasteiger partial charge in [0.05, 0.1) is 26.5 Å². The third-order valence-electron chi connectivity index (χ3n) is 4.95. The summed E-state index contributed by atoms with van der Waals surface area (Å²) in [6.45, 7) is 2.10. The Labute approximate surface area is 171 Å². The predicted molar refractivity (Wildman–Crippen MR) is 115 cm³/mol. The van der Waals surface area contributed by atoms with Crippen molar-refractivity contribution >= 4 is 17.6 Å². The number of hydrogen-bond acceptors (Lipinski definition) is 4. The second-order valence-electron chi connectivity index (χ2n) is 6.94. The standard InChI is InChI=1S/C22H28N4O3/c1-28-18-10-11-20(29-2)19(14-18)25-22(23)24-15-16-6-8-17(9-7-16)21(27)26-12-4-3-5-13-26/h6-11,14H,3-5,12-13,15H2,1-2H3,(H3,23,24,25). The van der Waals surface area contributed by atoms with E-state index in [1.165, 1.54) is 6.42 Å². The summed E-state index contributed by atoms with van der Waals surface area (Å²) in [6, 6.07) is 13.0. The molecule has 29 heavy (non-hydrogen) atoms. The quantitative estimate of drug-likeness (QED) is 0.578. The summed E-state index contributed by atoms with van der Waals surface area (Å²) in [5.41, 5.74) is 8.39. The first-order valence-corrected chi connectivity index (χ1v) is 9.78. The van der Waals surface area contributed by atoms with Crippen molar-refractivity contribution in [3.05, 3.63) is 53.6 Å². The fourth-order valence-electron chi connectivity index (χ4n) is 3.30. The molecule has 1 aliphatic rings. The number of carbonyl (C=O) groups is 1. The molecule has 1 amide bonds. The zero-order valence-corrected chi connectivity index (χ0v) is 17.0. The van der Waals surface area contributed by atoms with Gasteiger partial charge in [-0.25, -0.2) is 4.99 Å². The van der Waals surface area contributed by atoms with E-state index in [1.54, 1.807) is 26.4 Å². The van der Waals surface area contributed by atoms with Crippen molar-refractivity contribution in [3.63, 3.8) is 0 Å². The zero-order valence-electron chi connectivity index (χ0n) is 17.0. The van der Waals surface area contributed by atoms with Crippen molar-refractivity contribution < 1.29 is 14.3 Å². The van der Waals surface area contributed by atoms with Gasteiger partial charge in [0, 0.05) is 24.7 Å². The maximum atomic E-state index is 12.5. The Bertz CT molecular complexity index is 859. The fraction of sp³-hybridized carbons (Fsp3) is 0.364. The predicted octanol–water partition coefficient (Wildman–Crippen LogP) is 3.26. The molecule has 0 atom stereocenters. The summed E-state index contributed by atoms with van der Waals surface area (Å²) in [5, 5.41) is 3.04. The van der Waals surface area contributed by atoms with E-state index < -0.39 is 0 Å². The van der Waals surface area contributed by atoms with E-state index in [1.807, 2.05) is 35.2 Å². The summed E-state index contributed by atoms with van der Waals surface area (Å²) in [4.78, 5) is 18.8. The lowest BCUT2D eigenvalue weighted by atomic mass is 10.1. The van der Waals surface area contributed by atoms with E-state index in [9.17, 15) is 4.79 Å². The maximum Gasteiger partial charge on any atom is 0.253 e. The van der Waals surface area contributed by atoms with Crippen LogP contribution in [0.15, 0.2) is 47.5 Å². The number of hydrogen-bond donors (Lipinski definition) is 2. The average molecular weight is 396 g/mol. The number of likely N-dealkylation sites (tertiary alicyclic amines) is 1.